The first kappa shape index (κ1) is 15.9. The minimum Gasteiger partial charge on any atom is -0.264 e. The van der Waals surface area contributed by atoms with Crippen molar-refractivity contribution in [1.29, 1.82) is 0 Å². The van der Waals surface area contributed by atoms with Gasteiger partial charge < -0.3 is 0 Å². The maximum absolute atomic E-state index is 4.00. The second-order valence-electron chi connectivity index (χ2n) is 7.07. The summed E-state index contributed by atoms with van der Waals surface area (Å²) in [7, 11) is 0. The van der Waals surface area contributed by atoms with Crippen molar-refractivity contribution in [2.24, 2.45) is 4.99 Å². The van der Waals surface area contributed by atoms with Gasteiger partial charge in [0.05, 0.1) is 0 Å². The standard InChI is InChI=1S/C18H16.C6H5NS/c1-3-7-15-13(5-1)9-11-18-16-8-4-2-6-14(16)10-12-17(15)18;1-5-3-8-4-6(5)2-7-1/h1-3,5-7,10,12H,4,8-9,11H2;1-3H,4H2. The van der Waals surface area contributed by atoms with Gasteiger partial charge in [0.15, 0.2) is 0 Å². The molecule has 6 rings (SSSR count). The van der Waals surface area contributed by atoms with E-state index in [1.807, 2.05) is 24.2 Å². The zero-order valence-electron chi connectivity index (χ0n) is 14.7. The molecule has 0 unspecified atom stereocenters. The average molecular weight is 356 g/mol. The normalized spacial score (nSPS) is 18.0. The highest BCUT2D eigenvalue weighted by atomic mass is 32.2. The molecular formula is C24H21NS. The lowest BCUT2D eigenvalue weighted by molar-refractivity contribution is 0.887. The summed E-state index contributed by atoms with van der Waals surface area (Å²) in [5.74, 6) is 1.12. The number of aryl methyl sites for hydroxylation is 1. The Balaban J connectivity index is 0.000000156. The zero-order valence-corrected chi connectivity index (χ0v) is 15.6. The van der Waals surface area contributed by atoms with E-state index >= 15 is 0 Å². The molecule has 2 heteroatoms. The summed E-state index contributed by atoms with van der Waals surface area (Å²) < 4.78 is 0. The Labute approximate surface area is 159 Å². The van der Waals surface area contributed by atoms with Gasteiger partial charge in [0.1, 0.15) is 0 Å². The second-order valence-corrected chi connectivity index (χ2v) is 7.93. The minimum atomic E-state index is 1.12. The molecule has 0 saturated carbocycles. The monoisotopic (exact) mass is 355 g/mol. The SMILES string of the molecule is C1=Cc2ccc3c(c2CC1)CCc1ccccc1-3.C1=NC=C2CSC=C12. The van der Waals surface area contributed by atoms with Crippen LogP contribution < -0.4 is 0 Å². The molecule has 0 N–H and O–H groups in total. The first-order valence-corrected chi connectivity index (χ1v) is 10.4. The molecule has 0 bridgehead atoms. The van der Waals surface area contributed by atoms with Gasteiger partial charge in [0.2, 0.25) is 0 Å². The number of thioether (sulfide) groups is 1. The molecule has 2 heterocycles. The molecular weight excluding hydrogens is 334 g/mol. The Bertz CT molecular complexity index is 991. The summed E-state index contributed by atoms with van der Waals surface area (Å²) in [5, 5.41) is 2.16. The number of benzene rings is 2. The van der Waals surface area contributed by atoms with Crippen molar-refractivity contribution in [3.8, 4) is 11.1 Å². The van der Waals surface area contributed by atoms with Gasteiger partial charge in [-0.3, -0.25) is 4.99 Å². The summed E-state index contributed by atoms with van der Waals surface area (Å²) in [6, 6.07) is 13.5. The maximum atomic E-state index is 4.00. The van der Waals surface area contributed by atoms with Gasteiger partial charge in [0.25, 0.3) is 0 Å². The van der Waals surface area contributed by atoms with Crippen molar-refractivity contribution in [3.63, 3.8) is 0 Å². The Morgan fingerprint density at radius 1 is 0.885 bits per heavy atom. The molecule has 0 atom stereocenters. The number of aliphatic imine (C=N–C) groups is 1. The Morgan fingerprint density at radius 3 is 2.81 bits per heavy atom. The van der Waals surface area contributed by atoms with E-state index in [4.69, 9.17) is 0 Å². The van der Waals surface area contributed by atoms with E-state index in [9.17, 15) is 0 Å². The van der Waals surface area contributed by atoms with Crippen LogP contribution in [0.25, 0.3) is 17.2 Å². The van der Waals surface area contributed by atoms with Gasteiger partial charge in [-0.15, -0.1) is 11.8 Å². The van der Waals surface area contributed by atoms with Crippen molar-refractivity contribution >= 4 is 24.1 Å². The van der Waals surface area contributed by atoms with Crippen LogP contribution in [0.3, 0.4) is 0 Å². The Hall–Kier alpha value is -2.32. The molecule has 26 heavy (non-hydrogen) atoms. The van der Waals surface area contributed by atoms with Crippen LogP contribution in [-0.4, -0.2) is 12.0 Å². The minimum absolute atomic E-state index is 1.12. The predicted octanol–water partition coefficient (Wildman–Crippen LogP) is 6.00. The third-order valence-corrected chi connectivity index (χ3v) is 6.44. The molecule has 2 aliphatic heterocycles. The molecule has 0 spiro atoms. The summed E-state index contributed by atoms with van der Waals surface area (Å²) in [6.45, 7) is 0. The fourth-order valence-electron chi connectivity index (χ4n) is 4.21. The van der Waals surface area contributed by atoms with Crippen LogP contribution in [0.5, 0.6) is 0 Å². The van der Waals surface area contributed by atoms with Crippen LogP contribution in [0.15, 0.2) is 70.2 Å². The van der Waals surface area contributed by atoms with Crippen LogP contribution in [0, 0.1) is 0 Å². The highest BCUT2D eigenvalue weighted by molar-refractivity contribution is 8.02. The molecule has 0 fully saturated rings. The summed E-state index contributed by atoms with van der Waals surface area (Å²) >= 11 is 1.84. The van der Waals surface area contributed by atoms with Crippen LogP contribution >= 0.6 is 11.8 Å². The topological polar surface area (TPSA) is 12.4 Å². The summed E-state index contributed by atoms with van der Waals surface area (Å²) in [5.41, 5.74) is 11.8. The van der Waals surface area contributed by atoms with Crippen molar-refractivity contribution < 1.29 is 0 Å². The smallest absolute Gasteiger partial charge is 0.0349 e. The molecule has 4 aliphatic rings. The van der Waals surface area contributed by atoms with Crippen LogP contribution in [0.2, 0.25) is 0 Å². The van der Waals surface area contributed by atoms with Crippen molar-refractivity contribution in [1.82, 2.24) is 0 Å². The number of fused-ring (bicyclic) bond motifs is 6. The van der Waals surface area contributed by atoms with E-state index in [0.29, 0.717) is 0 Å². The Morgan fingerprint density at radius 2 is 1.85 bits per heavy atom. The predicted molar refractivity (Wildman–Crippen MR) is 114 cm³/mol. The fraction of sp³-hybridized carbons (Fsp3) is 0.208. The van der Waals surface area contributed by atoms with Gasteiger partial charge in [0, 0.05) is 23.7 Å². The van der Waals surface area contributed by atoms with Gasteiger partial charge in [-0.2, -0.15) is 0 Å². The largest absolute Gasteiger partial charge is 0.264 e. The van der Waals surface area contributed by atoms with E-state index in [1.54, 1.807) is 11.1 Å². The summed E-state index contributed by atoms with van der Waals surface area (Å²) in [4.78, 5) is 4.00. The molecule has 0 saturated heterocycles. The fourth-order valence-corrected chi connectivity index (χ4v) is 5.11. The van der Waals surface area contributed by atoms with Crippen LogP contribution in [0.1, 0.15) is 28.7 Å². The molecule has 2 aromatic rings. The molecule has 128 valence electrons. The van der Waals surface area contributed by atoms with Crippen LogP contribution in [-0.2, 0) is 19.3 Å². The van der Waals surface area contributed by atoms with E-state index < -0.39 is 0 Å². The van der Waals surface area contributed by atoms with Gasteiger partial charge >= 0.3 is 0 Å². The molecule has 2 aromatic carbocycles. The molecule has 1 nitrogen and oxygen atoms in total. The van der Waals surface area contributed by atoms with Crippen molar-refractivity contribution in [3.05, 3.63) is 87.5 Å². The van der Waals surface area contributed by atoms with Gasteiger partial charge in [-0.25, -0.2) is 0 Å². The van der Waals surface area contributed by atoms with Crippen molar-refractivity contribution in [2.45, 2.75) is 25.7 Å². The zero-order chi connectivity index (χ0) is 17.3. The van der Waals surface area contributed by atoms with Crippen molar-refractivity contribution in [2.75, 3.05) is 5.75 Å². The summed E-state index contributed by atoms with van der Waals surface area (Å²) in [6.07, 6.45) is 13.3. The first-order valence-electron chi connectivity index (χ1n) is 9.34. The average Bonchev–Trinajstić information content (AvgIpc) is 3.33. The van der Waals surface area contributed by atoms with Crippen LogP contribution in [0.4, 0.5) is 0 Å². The van der Waals surface area contributed by atoms with E-state index in [0.717, 1.165) is 5.75 Å². The number of hydrogen-bond acceptors (Lipinski definition) is 2. The molecule has 0 radical (unpaired) electrons. The van der Waals surface area contributed by atoms with E-state index in [1.165, 1.54) is 59.1 Å². The van der Waals surface area contributed by atoms with Gasteiger partial charge in [-0.1, -0.05) is 48.6 Å². The first-order chi connectivity index (χ1) is 12.9. The number of hydrogen-bond donors (Lipinski definition) is 0. The Kier molecular flexibility index (Phi) is 4.14. The third-order valence-electron chi connectivity index (χ3n) is 5.54. The van der Waals surface area contributed by atoms with E-state index in [2.05, 4.69) is 59.0 Å². The second kappa shape index (κ2) is 6.77. The maximum Gasteiger partial charge on any atom is 0.0349 e. The lowest BCUT2D eigenvalue weighted by Crippen LogP contribution is -2.09. The number of allylic oxidation sites excluding steroid dienone is 2. The highest BCUT2D eigenvalue weighted by Crippen LogP contribution is 2.38. The third kappa shape index (κ3) is 2.79. The molecule has 0 aromatic heterocycles. The molecule has 2 aliphatic carbocycles. The quantitative estimate of drug-likeness (QED) is 0.565. The highest BCUT2D eigenvalue weighted by Gasteiger charge is 2.20. The number of nitrogens with zero attached hydrogens (tertiary/aromatic N) is 1. The lowest BCUT2D eigenvalue weighted by Gasteiger charge is -2.25. The van der Waals surface area contributed by atoms with E-state index in [-0.39, 0.29) is 0 Å². The number of rotatable bonds is 0. The van der Waals surface area contributed by atoms with Gasteiger partial charge in [-0.05, 0) is 70.0 Å². The molecule has 0 amide bonds. The lowest BCUT2D eigenvalue weighted by atomic mass is 9.80.